The van der Waals surface area contributed by atoms with Crippen molar-refractivity contribution in [1.82, 2.24) is 0 Å². The van der Waals surface area contributed by atoms with E-state index in [1.54, 1.807) is 0 Å². The summed E-state index contributed by atoms with van der Waals surface area (Å²) in [6.45, 7) is 0. The maximum Gasteiger partial charge on any atom is 0.0199 e. The molecule has 0 saturated carbocycles. The molecule has 5 aromatic carbocycles. The number of halogens is 2. The largest absolute Gasteiger partial charge is 0.142 e. The normalized spacial score (nSPS) is 11.8. The van der Waals surface area contributed by atoms with E-state index in [0.717, 1.165) is 40.3 Å². The number of rotatable bonds is 0. The predicted octanol–water partition coefficient (Wildman–Crippen LogP) is 8.40. The van der Waals surface area contributed by atoms with Crippen LogP contribution in [0.2, 0.25) is 0 Å². The standard InChI is InChI=1S/C22H12Br2S2/c23-15-3-1-11-7-17-19(9-13(11)5-15)22(26)20-10-14-6-16(24)4-2-12(14)8-18(20)21(17)25/h1-10,25-26H. The van der Waals surface area contributed by atoms with Crippen LogP contribution in [0, 0.1) is 0 Å². The van der Waals surface area contributed by atoms with Gasteiger partial charge in [-0.3, -0.25) is 0 Å². The summed E-state index contributed by atoms with van der Waals surface area (Å²) in [4.78, 5) is 2.00. The van der Waals surface area contributed by atoms with Crippen molar-refractivity contribution in [3.05, 3.63) is 69.6 Å². The summed E-state index contributed by atoms with van der Waals surface area (Å²) in [6.07, 6.45) is 0. The van der Waals surface area contributed by atoms with Crippen LogP contribution in [0.15, 0.2) is 79.4 Å². The lowest BCUT2D eigenvalue weighted by atomic mass is 9.97. The molecule has 4 heteroatoms. The van der Waals surface area contributed by atoms with Crippen molar-refractivity contribution < 1.29 is 0 Å². The summed E-state index contributed by atoms with van der Waals surface area (Å²) < 4.78 is 2.15. The minimum absolute atomic E-state index is 0.997. The van der Waals surface area contributed by atoms with Gasteiger partial charge in [0.15, 0.2) is 0 Å². The molecule has 126 valence electrons. The van der Waals surface area contributed by atoms with E-state index in [1.165, 1.54) is 21.5 Å². The molecule has 0 radical (unpaired) electrons. The molecule has 0 unspecified atom stereocenters. The average molecular weight is 500 g/mol. The molecule has 0 nitrogen and oxygen atoms in total. The lowest BCUT2D eigenvalue weighted by Crippen LogP contribution is -1.86. The van der Waals surface area contributed by atoms with Crippen molar-refractivity contribution in [3.8, 4) is 0 Å². The monoisotopic (exact) mass is 498 g/mol. The third-order valence-electron chi connectivity index (χ3n) is 4.90. The fraction of sp³-hybridized carbons (Fsp3) is 0. The molecule has 0 N–H and O–H groups in total. The maximum atomic E-state index is 4.91. The molecule has 5 aromatic rings. The van der Waals surface area contributed by atoms with Gasteiger partial charge in [-0.25, -0.2) is 0 Å². The predicted molar refractivity (Wildman–Crippen MR) is 126 cm³/mol. The fourth-order valence-corrected chi connectivity index (χ4v) is 5.11. The van der Waals surface area contributed by atoms with E-state index in [2.05, 4.69) is 92.5 Å². The van der Waals surface area contributed by atoms with E-state index in [-0.39, 0.29) is 0 Å². The Morgan fingerprint density at radius 1 is 0.462 bits per heavy atom. The van der Waals surface area contributed by atoms with E-state index in [1.807, 2.05) is 0 Å². The SMILES string of the molecule is Sc1c2cc3ccc(Br)cc3cc2c(S)c2cc3cc(Br)ccc3cc12. The molecule has 0 aliphatic heterocycles. The van der Waals surface area contributed by atoms with Crippen LogP contribution in [0.3, 0.4) is 0 Å². The summed E-state index contributed by atoms with van der Waals surface area (Å²) in [5.74, 6) is 0. The fourth-order valence-electron chi connectivity index (χ4n) is 3.61. The van der Waals surface area contributed by atoms with Crippen molar-refractivity contribution in [3.63, 3.8) is 0 Å². The summed E-state index contributed by atoms with van der Waals surface area (Å²) in [5, 5.41) is 9.32. The van der Waals surface area contributed by atoms with Gasteiger partial charge in [0.2, 0.25) is 0 Å². The highest BCUT2D eigenvalue weighted by Crippen LogP contribution is 2.41. The molecule has 5 rings (SSSR count). The second kappa shape index (κ2) is 6.16. The second-order valence-electron chi connectivity index (χ2n) is 6.48. The first-order valence-corrected chi connectivity index (χ1v) is 10.6. The molecule has 0 fully saturated rings. The van der Waals surface area contributed by atoms with Crippen molar-refractivity contribution in [2.24, 2.45) is 0 Å². The highest BCUT2D eigenvalue weighted by atomic mass is 79.9. The molecule has 0 atom stereocenters. The van der Waals surface area contributed by atoms with Gasteiger partial charge < -0.3 is 0 Å². The smallest absolute Gasteiger partial charge is 0.0199 e. The Labute approximate surface area is 178 Å². The van der Waals surface area contributed by atoms with Gasteiger partial charge in [0, 0.05) is 18.7 Å². The van der Waals surface area contributed by atoms with Gasteiger partial charge in [-0.05, 0) is 91.6 Å². The molecule has 0 aliphatic carbocycles. The van der Waals surface area contributed by atoms with Gasteiger partial charge in [0.1, 0.15) is 0 Å². The van der Waals surface area contributed by atoms with Crippen LogP contribution in [0.4, 0.5) is 0 Å². The van der Waals surface area contributed by atoms with Crippen LogP contribution in [0.25, 0.3) is 43.1 Å². The highest BCUT2D eigenvalue weighted by Gasteiger charge is 2.12. The number of fused-ring (bicyclic) bond motifs is 4. The van der Waals surface area contributed by atoms with E-state index in [9.17, 15) is 0 Å². The van der Waals surface area contributed by atoms with Gasteiger partial charge >= 0.3 is 0 Å². The van der Waals surface area contributed by atoms with Gasteiger partial charge in [-0.2, -0.15) is 0 Å². The summed E-state index contributed by atoms with van der Waals surface area (Å²) in [6, 6.07) is 21.5. The third-order valence-corrected chi connectivity index (χ3v) is 6.85. The van der Waals surface area contributed by atoms with Gasteiger partial charge in [-0.1, -0.05) is 44.0 Å². The Balaban J connectivity index is 1.99. The first-order chi connectivity index (χ1) is 12.5. The van der Waals surface area contributed by atoms with Crippen LogP contribution in [-0.2, 0) is 0 Å². The molecular weight excluding hydrogens is 488 g/mol. The first-order valence-electron chi connectivity index (χ1n) is 8.11. The number of hydrogen-bond acceptors (Lipinski definition) is 2. The third kappa shape index (κ3) is 2.58. The lowest BCUT2D eigenvalue weighted by Gasteiger charge is -2.14. The van der Waals surface area contributed by atoms with Crippen molar-refractivity contribution in [2.75, 3.05) is 0 Å². The van der Waals surface area contributed by atoms with E-state index in [0.29, 0.717) is 0 Å². The van der Waals surface area contributed by atoms with Gasteiger partial charge in [0.25, 0.3) is 0 Å². The molecular formula is C22H12Br2S2. The summed E-state index contributed by atoms with van der Waals surface area (Å²) in [7, 11) is 0. The quantitative estimate of drug-likeness (QED) is 0.155. The minimum Gasteiger partial charge on any atom is -0.142 e. The van der Waals surface area contributed by atoms with Crippen molar-refractivity contribution in [1.29, 1.82) is 0 Å². The maximum absolute atomic E-state index is 4.91. The number of hydrogen-bond donors (Lipinski definition) is 2. The van der Waals surface area contributed by atoms with Gasteiger partial charge in [0.05, 0.1) is 0 Å². The van der Waals surface area contributed by atoms with E-state index >= 15 is 0 Å². The molecule has 0 spiro atoms. The van der Waals surface area contributed by atoms with E-state index in [4.69, 9.17) is 25.3 Å². The van der Waals surface area contributed by atoms with Gasteiger partial charge in [-0.15, -0.1) is 25.3 Å². The van der Waals surface area contributed by atoms with Crippen LogP contribution < -0.4 is 0 Å². The second-order valence-corrected chi connectivity index (χ2v) is 9.20. The van der Waals surface area contributed by atoms with Crippen LogP contribution in [-0.4, -0.2) is 0 Å². The molecule has 0 bridgehead atoms. The molecule has 0 aromatic heterocycles. The zero-order valence-corrected chi connectivity index (χ0v) is 18.4. The molecule has 0 saturated heterocycles. The molecule has 0 heterocycles. The lowest BCUT2D eigenvalue weighted by molar-refractivity contribution is 1.57. The molecule has 0 aliphatic rings. The Morgan fingerprint density at radius 2 is 0.808 bits per heavy atom. The van der Waals surface area contributed by atoms with Crippen LogP contribution in [0.1, 0.15) is 0 Å². The van der Waals surface area contributed by atoms with Crippen LogP contribution in [0.5, 0.6) is 0 Å². The Bertz CT molecular complexity index is 1270. The topological polar surface area (TPSA) is 0 Å². The first kappa shape index (κ1) is 16.9. The Hall–Kier alpha value is -1.20. The molecule has 26 heavy (non-hydrogen) atoms. The minimum atomic E-state index is 0.997. The van der Waals surface area contributed by atoms with Crippen molar-refractivity contribution in [2.45, 2.75) is 9.79 Å². The summed E-state index contributed by atoms with van der Waals surface area (Å²) in [5.41, 5.74) is 0. The Kier molecular flexibility index (Phi) is 4.02. The Morgan fingerprint density at radius 3 is 1.19 bits per heavy atom. The molecule has 0 amide bonds. The number of thiol groups is 2. The average Bonchev–Trinajstić information content (AvgIpc) is 2.63. The van der Waals surface area contributed by atoms with Crippen molar-refractivity contribution >= 4 is 100 Å². The highest BCUT2D eigenvalue weighted by molar-refractivity contribution is 9.10. The number of benzene rings is 5. The van der Waals surface area contributed by atoms with E-state index < -0.39 is 0 Å². The summed E-state index contributed by atoms with van der Waals surface area (Å²) >= 11 is 16.9. The zero-order valence-electron chi connectivity index (χ0n) is 13.4. The zero-order chi connectivity index (χ0) is 18.0. The van der Waals surface area contributed by atoms with Crippen LogP contribution >= 0.6 is 57.1 Å².